The number of ether oxygens (including phenoxy) is 1. The van der Waals surface area contributed by atoms with Gasteiger partial charge in [0.25, 0.3) is 0 Å². The molecule has 0 bridgehead atoms. The maximum Gasteiger partial charge on any atom is 0.337 e. The molecule has 0 aliphatic carbocycles. The summed E-state index contributed by atoms with van der Waals surface area (Å²) in [6.45, 7) is 2.75. The Hall–Kier alpha value is -1.33. The van der Waals surface area contributed by atoms with Crippen LogP contribution in [0.3, 0.4) is 0 Å². The maximum atomic E-state index is 11.5. The number of nitrogens with one attached hydrogen (secondary N) is 1. The molecule has 0 spiro atoms. The molecule has 1 aromatic carbocycles. The van der Waals surface area contributed by atoms with Crippen LogP contribution in [-0.4, -0.2) is 13.1 Å². The van der Waals surface area contributed by atoms with E-state index in [1.807, 2.05) is 19.1 Å². The van der Waals surface area contributed by atoms with E-state index in [9.17, 15) is 4.79 Å². The largest absolute Gasteiger partial charge is 0.465 e. The van der Waals surface area contributed by atoms with Crippen molar-refractivity contribution in [3.8, 4) is 0 Å². The van der Waals surface area contributed by atoms with Gasteiger partial charge < -0.3 is 10.1 Å². The van der Waals surface area contributed by atoms with E-state index in [-0.39, 0.29) is 5.97 Å². The first kappa shape index (κ1) is 14.1. The third kappa shape index (κ3) is 3.58. The highest BCUT2D eigenvalue weighted by molar-refractivity contribution is 9.10. The van der Waals surface area contributed by atoms with Crippen molar-refractivity contribution in [2.24, 2.45) is 0 Å². The number of hydrogen-bond acceptors (Lipinski definition) is 4. The highest BCUT2D eigenvalue weighted by Gasteiger charge is 2.08. The number of carbonyl (C=O) groups excluding carboxylic acids is 1. The molecule has 0 saturated carbocycles. The number of halogens is 1. The summed E-state index contributed by atoms with van der Waals surface area (Å²) in [4.78, 5) is 12.7. The Labute approximate surface area is 124 Å². The van der Waals surface area contributed by atoms with Crippen molar-refractivity contribution in [3.05, 3.63) is 50.1 Å². The summed E-state index contributed by atoms with van der Waals surface area (Å²) in [5.41, 5.74) is 2.61. The van der Waals surface area contributed by atoms with Gasteiger partial charge in [0.1, 0.15) is 0 Å². The summed E-state index contributed by atoms with van der Waals surface area (Å²) in [5.74, 6) is -0.318. The van der Waals surface area contributed by atoms with E-state index in [0.29, 0.717) is 5.56 Å². The van der Waals surface area contributed by atoms with Crippen LogP contribution in [0.5, 0.6) is 0 Å². The summed E-state index contributed by atoms with van der Waals surface area (Å²) < 4.78 is 5.82. The first-order chi connectivity index (χ1) is 9.10. The van der Waals surface area contributed by atoms with Crippen LogP contribution >= 0.6 is 27.3 Å². The fraction of sp³-hybridized carbons (Fsp3) is 0.214. The van der Waals surface area contributed by atoms with Crippen LogP contribution in [0.15, 0.2) is 34.1 Å². The highest BCUT2D eigenvalue weighted by atomic mass is 79.9. The Bertz CT molecular complexity index is 595. The van der Waals surface area contributed by atoms with Crippen LogP contribution in [0.1, 0.15) is 20.8 Å². The van der Waals surface area contributed by atoms with Gasteiger partial charge in [0.2, 0.25) is 0 Å². The fourth-order valence-corrected chi connectivity index (χ4v) is 3.08. The molecule has 1 N–H and O–H groups in total. The quantitative estimate of drug-likeness (QED) is 0.847. The number of methoxy groups -OCH3 is 1. The minimum absolute atomic E-state index is 0.318. The molecule has 0 atom stereocenters. The van der Waals surface area contributed by atoms with Crippen LogP contribution in [0.2, 0.25) is 0 Å². The molecule has 0 saturated heterocycles. The number of aryl methyl sites for hydroxylation is 1. The lowest BCUT2D eigenvalue weighted by molar-refractivity contribution is 0.0601. The van der Waals surface area contributed by atoms with Crippen molar-refractivity contribution in [1.82, 2.24) is 0 Å². The van der Waals surface area contributed by atoms with Gasteiger partial charge in [-0.25, -0.2) is 4.79 Å². The van der Waals surface area contributed by atoms with E-state index in [2.05, 4.69) is 32.7 Å². The van der Waals surface area contributed by atoms with Crippen LogP contribution in [0, 0.1) is 6.92 Å². The topological polar surface area (TPSA) is 38.3 Å². The van der Waals surface area contributed by atoms with Crippen LogP contribution in [0.25, 0.3) is 0 Å². The molecule has 0 fully saturated rings. The van der Waals surface area contributed by atoms with Crippen LogP contribution in [0.4, 0.5) is 5.69 Å². The number of thiophene rings is 1. The second-order valence-electron chi connectivity index (χ2n) is 4.11. The number of rotatable bonds is 4. The van der Waals surface area contributed by atoms with E-state index in [1.54, 1.807) is 17.4 Å². The number of hydrogen-bond donors (Lipinski definition) is 1. The van der Waals surface area contributed by atoms with Crippen LogP contribution < -0.4 is 5.32 Å². The summed E-state index contributed by atoms with van der Waals surface area (Å²) in [5, 5.41) is 5.39. The molecule has 19 heavy (non-hydrogen) atoms. The number of benzene rings is 1. The SMILES string of the molecule is COC(=O)c1ccc(C)c(NCc2cc(Br)cs2)c1. The average Bonchev–Trinajstić information content (AvgIpc) is 2.82. The number of anilines is 1. The zero-order valence-corrected chi connectivity index (χ0v) is 13.1. The van der Waals surface area contributed by atoms with Gasteiger partial charge in [-0.05, 0) is 46.6 Å². The fourth-order valence-electron chi connectivity index (χ4n) is 1.69. The Morgan fingerprint density at radius 1 is 1.42 bits per heavy atom. The molecule has 5 heteroatoms. The van der Waals surface area contributed by atoms with Crippen molar-refractivity contribution < 1.29 is 9.53 Å². The molecule has 0 radical (unpaired) electrons. The first-order valence-corrected chi connectivity index (χ1v) is 7.43. The lowest BCUT2D eigenvalue weighted by atomic mass is 10.1. The lowest BCUT2D eigenvalue weighted by Gasteiger charge is -2.10. The average molecular weight is 340 g/mol. The van der Waals surface area contributed by atoms with E-state index in [4.69, 9.17) is 4.74 Å². The van der Waals surface area contributed by atoms with Gasteiger partial charge in [-0.15, -0.1) is 11.3 Å². The highest BCUT2D eigenvalue weighted by Crippen LogP contribution is 2.22. The normalized spacial score (nSPS) is 10.3. The number of carbonyl (C=O) groups is 1. The standard InChI is InChI=1S/C14H14BrNO2S/c1-9-3-4-10(14(17)18-2)5-13(9)16-7-12-6-11(15)8-19-12/h3-6,8,16H,7H2,1-2H3. The Morgan fingerprint density at radius 3 is 2.84 bits per heavy atom. The molecular formula is C14H14BrNO2S. The molecule has 0 aliphatic heterocycles. The molecule has 3 nitrogen and oxygen atoms in total. The molecule has 0 aliphatic rings. The lowest BCUT2D eigenvalue weighted by Crippen LogP contribution is -2.04. The second kappa shape index (κ2) is 6.21. The van der Waals surface area contributed by atoms with Crippen molar-refractivity contribution in [1.29, 1.82) is 0 Å². The zero-order valence-electron chi connectivity index (χ0n) is 10.7. The van der Waals surface area contributed by atoms with E-state index in [0.717, 1.165) is 22.3 Å². The first-order valence-electron chi connectivity index (χ1n) is 5.76. The third-order valence-corrected chi connectivity index (χ3v) is 4.43. The summed E-state index contributed by atoms with van der Waals surface area (Å²) in [6, 6.07) is 7.59. The van der Waals surface area contributed by atoms with Gasteiger partial charge >= 0.3 is 5.97 Å². The molecular weight excluding hydrogens is 326 g/mol. The summed E-state index contributed by atoms with van der Waals surface area (Å²) in [7, 11) is 1.39. The Kier molecular flexibility index (Phi) is 4.61. The molecule has 100 valence electrons. The van der Waals surface area contributed by atoms with E-state index >= 15 is 0 Å². The Balaban J connectivity index is 2.12. The molecule has 2 rings (SSSR count). The van der Waals surface area contributed by atoms with Gasteiger partial charge in [-0.2, -0.15) is 0 Å². The maximum absolute atomic E-state index is 11.5. The van der Waals surface area contributed by atoms with Crippen molar-refractivity contribution in [2.75, 3.05) is 12.4 Å². The third-order valence-electron chi connectivity index (χ3n) is 2.73. The van der Waals surface area contributed by atoms with Gasteiger partial charge in [-0.3, -0.25) is 0 Å². The second-order valence-corrected chi connectivity index (χ2v) is 6.02. The molecule has 0 amide bonds. The monoisotopic (exact) mass is 339 g/mol. The summed E-state index contributed by atoms with van der Waals surface area (Å²) in [6.07, 6.45) is 0. The smallest absolute Gasteiger partial charge is 0.337 e. The minimum Gasteiger partial charge on any atom is -0.465 e. The summed E-state index contributed by atoms with van der Waals surface area (Å²) >= 11 is 5.12. The van der Waals surface area contributed by atoms with Crippen molar-refractivity contribution >= 4 is 38.9 Å². The minimum atomic E-state index is -0.318. The van der Waals surface area contributed by atoms with E-state index in [1.165, 1.54) is 12.0 Å². The molecule has 1 aromatic heterocycles. The van der Waals surface area contributed by atoms with Gasteiger partial charge in [0.15, 0.2) is 0 Å². The van der Waals surface area contributed by atoms with Crippen molar-refractivity contribution in [3.63, 3.8) is 0 Å². The van der Waals surface area contributed by atoms with Crippen molar-refractivity contribution in [2.45, 2.75) is 13.5 Å². The molecule has 0 unspecified atom stereocenters. The predicted molar refractivity (Wildman–Crippen MR) is 81.9 cm³/mol. The van der Waals surface area contributed by atoms with Crippen LogP contribution in [-0.2, 0) is 11.3 Å². The van der Waals surface area contributed by atoms with Gasteiger partial charge in [-0.1, -0.05) is 6.07 Å². The van der Waals surface area contributed by atoms with Gasteiger partial charge in [0, 0.05) is 27.0 Å². The molecule has 1 heterocycles. The Morgan fingerprint density at radius 2 is 2.21 bits per heavy atom. The van der Waals surface area contributed by atoms with E-state index < -0.39 is 0 Å². The van der Waals surface area contributed by atoms with Gasteiger partial charge in [0.05, 0.1) is 12.7 Å². The predicted octanol–water partition coefficient (Wildman–Crippen LogP) is 4.22. The zero-order chi connectivity index (χ0) is 13.8. The number of esters is 1. The molecule has 2 aromatic rings.